The van der Waals surface area contributed by atoms with Crippen molar-refractivity contribution in [1.82, 2.24) is 0 Å². The van der Waals surface area contributed by atoms with Crippen LogP contribution in [-0.4, -0.2) is 28.3 Å². The lowest BCUT2D eigenvalue weighted by Crippen LogP contribution is -2.44. The topological polar surface area (TPSA) is 83.5 Å². The predicted molar refractivity (Wildman–Crippen MR) is 43.7 cm³/mol. The van der Waals surface area contributed by atoms with Crippen molar-refractivity contribution in [2.24, 2.45) is 11.7 Å². The summed E-state index contributed by atoms with van der Waals surface area (Å²) in [6, 6.07) is -1.17. The van der Waals surface area contributed by atoms with Gasteiger partial charge in [-0.3, -0.25) is 4.79 Å². The van der Waals surface area contributed by atoms with Gasteiger partial charge in [-0.2, -0.15) is 0 Å². The van der Waals surface area contributed by atoms with E-state index in [1.807, 2.05) is 0 Å². The van der Waals surface area contributed by atoms with E-state index in [0.29, 0.717) is 0 Å². The molecule has 68 valence electrons. The van der Waals surface area contributed by atoms with Gasteiger partial charge in [0.25, 0.3) is 0 Å². The van der Waals surface area contributed by atoms with Gasteiger partial charge in [-0.05, 0) is 5.92 Å². The fourth-order valence-electron chi connectivity index (χ4n) is 0.561. The van der Waals surface area contributed by atoms with Crippen LogP contribution in [0.15, 0.2) is 0 Å². The monoisotopic (exact) mass is 183 g/mol. The van der Waals surface area contributed by atoms with Gasteiger partial charge in [0.05, 0.1) is 6.10 Å². The Kier molecular flexibility index (Phi) is 6.46. The molecule has 0 aliphatic heterocycles. The van der Waals surface area contributed by atoms with Gasteiger partial charge in [-0.1, -0.05) is 13.8 Å². The van der Waals surface area contributed by atoms with Crippen LogP contribution in [-0.2, 0) is 4.79 Å². The van der Waals surface area contributed by atoms with Crippen molar-refractivity contribution >= 4 is 18.4 Å². The first-order valence-electron chi connectivity index (χ1n) is 3.13. The second-order valence-electron chi connectivity index (χ2n) is 2.60. The van der Waals surface area contributed by atoms with Crippen LogP contribution >= 0.6 is 12.4 Å². The summed E-state index contributed by atoms with van der Waals surface area (Å²) in [6.07, 6.45) is -0.961. The summed E-state index contributed by atoms with van der Waals surface area (Å²) in [4.78, 5) is 10.2. The van der Waals surface area contributed by atoms with E-state index in [-0.39, 0.29) is 18.3 Å². The Morgan fingerprint density at radius 2 is 1.82 bits per heavy atom. The molecule has 0 aromatic carbocycles. The number of nitrogens with two attached hydrogens (primary N) is 1. The molecule has 11 heavy (non-hydrogen) atoms. The standard InChI is InChI=1S/C6H13NO3.ClH/c1-3(2)5(8)4(7)6(9)10;/h3-5,8H,7H2,1-2H3,(H,9,10);1H/t4-,5+;/m0./s1. The number of hydrogen-bond acceptors (Lipinski definition) is 3. The first kappa shape index (κ1) is 13.3. The van der Waals surface area contributed by atoms with E-state index < -0.39 is 18.1 Å². The Labute approximate surface area is 71.8 Å². The number of aliphatic hydroxyl groups excluding tert-OH is 1. The highest BCUT2D eigenvalue weighted by Crippen LogP contribution is 2.03. The molecule has 0 rings (SSSR count). The Bertz CT molecular complexity index is 129. The molecule has 0 radical (unpaired) electrons. The van der Waals surface area contributed by atoms with Crippen LogP contribution in [0.2, 0.25) is 0 Å². The summed E-state index contributed by atoms with van der Waals surface area (Å²) in [5, 5.41) is 17.4. The van der Waals surface area contributed by atoms with Crippen molar-refractivity contribution in [3.63, 3.8) is 0 Å². The third-order valence-corrected chi connectivity index (χ3v) is 1.34. The zero-order valence-electron chi connectivity index (χ0n) is 6.52. The SMILES string of the molecule is CC(C)[C@@H](O)[C@H](N)C(=O)O.Cl. The van der Waals surface area contributed by atoms with Gasteiger partial charge in [-0.25, -0.2) is 0 Å². The molecule has 4 nitrogen and oxygen atoms in total. The Morgan fingerprint density at radius 3 is 1.91 bits per heavy atom. The summed E-state index contributed by atoms with van der Waals surface area (Å²) in [5.74, 6) is -1.28. The molecule has 0 saturated carbocycles. The number of rotatable bonds is 3. The summed E-state index contributed by atoms with van der Waals surface area (Å²) in [6.45, 7) is 3.43. The summed E-state index contributed by atoms with van der Waals surface area (Å²) in [7, 11) is 0. The van der Waals surface area contributed by atoms with Gasteiger partial charge < -0.3 is 15.9 Å². The number of carbonyl (C=O) groups is 1. The molecular formula is C6H14ClNO3. The lowest BCUT2D eigenvalue weighted by Gasteiger charge is -2.17. The van der Waals surface area contributed by atoms with E-state index in [1.165, 1.54) is 0 Å². The highest BCUT2D eigenvalue weighted by Gasteiger charge is 2.24. The highest BCUT2D eigenvalue weighted by molar-refractivity contribution is 5.85. The number of aliphatic hydroxyl groups is 1. The van der Waals surface area contributed by atoms with E-state index >= 15 is 0 Å². The zero-order valence-corrected chi connectivity index (χ0v) is 7.34. The van der Waals surface area contributed by atoms with Gasteiger partial charge in [0.2, 0.25) is 0 Å². The molecule has 0 fully saturated rings. The summed E-state index contributed by atoms with van der Waals surface area (Å²) < 4.78 is 0. The zero-order chi connectivity index (χ0) is 8.31. The lowest BCUT2D eigenvalue weighted by atomic mass is 10.0. The maximum absolute atomic E-state index is 10.2. The van der Waals surface area contributed by atoms with Crippen molar-refractivity contribution in [1.29, 1.82) is 0 Å². The van der Waals surface area contributed by atoms with Gasteiger partial charge in [0, 0.05) is 0 Å². The van der Waals surface area contributed by atoms with Crippen LogP contribution in [0.4, 0.5) is 0 Å². The normalized spacial score (nSPS) is 15.4. The van der Waals surface area contributed by atoms with Crippen LogP contribution in [0.25, 0.3) is 0 Å². The molecule has 0 amide bonds. The molecule has 0 unspecified atom stereocenters. The van der Waals surface area contributed by atoms with Gasteiger partial charge >= 0.3 is 5.97 Å². The molecular weight excluding hydrogens is 170 g/mol. The first-order chi connectivity index (χ1) is 4.46. The van der Waals surface area contributed by atoms with Crippen molar-refractivity contribution < 1.29 is 15.0 Å². The smallest absolute Gasteiger partial charge is 0.323 e. The maximum atomic E-state index is 10.2. The molecule has 0 aromatic rings. The van der Waals surface area contributed by atoms with Crippen LogP contribution in [0.5, 0.6) is 0 Å². The van der Waals surface area contributed by atoms with Crippen molar-refractivity contribution in [2.75, 3.05) is 0 Å². The minimum atomic E-state index is -1.17. The minimum absolute atomic E-state index is 0. The molecule has 0 saturated heterocycles. The van der Waals surface area contributed by atoms with Crippen molar-refractivity contribution in [3.05, 3.63) is 0 Å². The average Bonchev–Trinajstić information content (AvgIpc) is 1.84. The highest BCUT2D eigenvalue weighted by atomic mass is 35.5. The van der Waals surface area contributed by atoms with Gasteiger partial charge in [0.15, 0.2) is 0 Å². The average molecular weight is 184 g/mol. The van der Waals surface area contributed by atoms with Gasteiger partial charge in [0.1, 0.15) is 6.04 Å². The quantitative estimate of drug-likeness (QED) is 0.568. The van der Waals surface area contributed by atoms with E-state index in [0.717, 1.165) is 0 Å². The molecule has 4 N–H and O–H groups in total. The Morgan fingerprint density at radius 1 is 1.45 bits per heavy atom. The molecule has 2 atom stereocenters. The molecule has 0 aromatic heterocycles. The largest absolute Gasteiger partial charge is 0.480 e. The molecule has 0 spiro atoms. The number of carboxylic acid groups (broad SMARTS) is 1. The fraction of sp³-hybridized carbons (Fsp3) is 0.833. The minimum Gasteiger partial charge on any atom is -0.480 e. The molecule has 5 heteroatoms. The van der Waals surface area contributed by atoms with E-state index in [2.05, 4.69) is 0 Å². The number of carboxylic acids is 1. The number of aliphatic carboxylic acids is 1. The molecule has 0 aliphatic carbocycles. The molecule has 0 bridgehead atoms. The second kappa shape index (κ2) is 5.35. The number of halogens is 1. The van der Waals surface area contributed by atoms with E-state index in [4.69, 9.17) is 15.9 Å². The third-order valence-electron chi connectivity index (χ3n) is 1.34. The lowest BCUT2D eigenvalue weighted by molar-refractivity contribution is -0.141. The third kappa shape index (κ3) is 4.19. The Balaban J connectivity index is 0. The van der Waals surface area contributed by atoms with Crippen LogP contribution in [0.3, 0.4) is 0 Å². The van der Waals surface area contributed by atoms with Crippen LogP contribution in [0.1, 0.15) is 13.8 Å². The van der Waals surface area contributed by atoms with Gasteiger partial charge in [-0.15, -0.1) is 12.4 Å². The van der Waals surface area contributed by atoms with E-state index in [1.54, 1.807) is 13.8 Å². The fourth-order valence-corrected chi connectivity index (χ4v) is 0.561. The molecule has 0 heterocycles. The predicted octanol–water partition coefficient (Wildman–Crippen LogP) is -0.163. The summed E-state index contributed by atoms with van der Waals surface area (Å²) >= 11 is 0. The first-order valence-corrected chi connectivity index (χ1v) is 3.13. The van der Waals surface area contributed by atoms with Crippen LogP contribution < -0.4 is 5.73 Å². The van der Waals surface area contributed by atoms with Crippen molar-refractivity contribution in [2.45, 2.75) is 26.0 Å². The second-order valence-corrected chi connectivity index (χ2v) is 2.60. The van der Waals surface area contributed by atoms with E-state index in [9.17, 15) is 4.79 Å². The molecule has 0 aliphatic rings. The maximum Gasteiger partial charge on any atom is 0.323 e. The Hall–Kier alpha value is -0.320. The number of hydrogen-bond donors (Lipinski definition) is 3. The summed E-state index contributed by atoms with van der Waals surface area (Å²) in [5.41, 5.74) is 5.11. The van der Waals surface area contributed by atoms with Crippen molar-refractivity contribution in [3.8, 4) is 0 Å². The van der Waals surface area contributed by atoms with Crippen LogP contribution in [0, 0.1) is 5.92 Å².